The summed E-state index contributed by atoms with van der Waals surface area (Å²) in [7, 11) is 0. The molecule has 0 unspecified atom stereocenters. The number of rotatable bonds is 2. The zero-order valence-corrected chi connectivity index (χ0v) is 28.8. The van der Waals surface area contributed by atoms with Crippen molar-refractivity contribution in [1.82, 2.24) is 9.13 Å². The van der Waals surface area contributed by atoms with E-state index < -0.39 is 20.4 Å². The summed E-state index contributed by atoms with van der Waals surface area (Å²) in [6, 6.07) is 52.7. The van der Waals surface area contributed by atoms with Crippen LogP contribution in [0.5, 0.6) is 0 Å². The quantitative estimate of drug-likeness (QED) is 0.128. The molecule has 0 fully saturated rings. The van der Waals surface area contributed by atoms with Crippen molar-refractivity contribution in [2.45, 2.75) is 12.8 Å². The molecule has 0 atom stereocenters. The molecule has 0 amide bonds. The van der Waals surface area contributed by atoms with Gasteiger partial charge in [-0.2, -0.15) is 0 Å². The van der Waals surface area contributed by atoms with Crippen molar-refractivity contribution >= 4 is 81.6 Å². The summed E-state index contributed by atoms with van der Waals surface area (Å²) in [5.41, 5.74) is 12.5. The van der Waals surface area contributed by atoms with Gasteiger partial charge in [-0.3, -0.25) is 0 Å². The molecule has 3 heterocycles. The second-order valence-electron chi connectivity index (χ2n) is 13.3. The van der Waals surface area contributed by atoms with Crippen molar-refractivity contribution < 1.29 is 0 Å². The van der Waals surface area contributed by atoms with E-state index >= 15 is 0 Å². The maximum absolute atomic E-state index is 14.3. The van der Waals surface area contributed by atoms with Crippen LogP contribution in [0.3, 0.4) is 0 Å². The van der Waals surface area contributed by atoms with Gasteiger partial charge >= 0.3 is 257 Å². The molecule has 1 aliphatic carbocycles. The molecule has 11 rings (SSSR count). The van der Waals surface area contributed by atoms with Crippen molar-refractivity contribution in [2.75, 3.05) is 0 Å². The third kappa shape index (κ3) is 3.99. The van der Waals surface area contributed by atoms with E-state index in [1.165, 1.54) is 61.6 Å². The average Bonchev–Trinajstić information content (AvgIpc) is 3.66. The molecular weight excluding hydrogens is 712 g/mol. The van der Waals surface area contributed by atoms with Crippen molar-refractivity contribution in [3.8, 4) is 11.4 Å². The SMILES string of the molecule is O=c1c2cc(-n3c4ccccc4c4cc(-n5c6ccccc6c6ccccc65)ccc43)ccc2[te]c2cc3c(cc12)Cc1ccccc1C3. The molecule has 0 radical (unpaired) electrons. The number of hydrogen-bond acceptors (Lipinski definition) is 1. The predicted molar refractivity (Wildman–Crippen MR) is 205 cm³/mol. The van der Waals surface area contributed by atoms with E-state index in [1.807, 2.05) is 0 Å². The topological polar surface area (TPSA) is 26.9 Å². The molecule has 0 saturated carbocycles. The Hall–Kier alpha value is -5.40. The van der Waals surface area contributed by atoms with Crippen molar-refractivity contribution in [3.63, 3.8) is 0 Å². The zero-order valence-electron chi connectivity index (χ0n) is 26.5. The van der Waals surface area contributed by atoms with Gasteiger partial charge in [0.1, 0.15) is 0 Å². The zero-order chi connectivity index (χ0) is 32.2. The van der Waals surface area contributed by atoms with Gasteiger partial charge in [0.25, 0.3) is 0 Å². The monoisotopic (exact) mass is 742 g/mol. The second-order valence-corrected chi connectivity index (χ2v) is 16.4. The summed E-state index contributed by atoms with van der Waals surface area (Å²) in [6.07, 6.45) is 1.86. The van der Waals surface area contributed by atoms with Crippen LogP contribution >= 0.6 is 0 Å². The van der Waals surface area contributed by atoms with Gasteiger partial charge in [0.15, 0.2) is 0 Å². The molecule has 0 saturated heterocycles. The average molecular weight is 740 g/mol. The number of hydrogen-bond donors (Lipinski definition) is 0. The van der Waals surface area contributed by atoms with Gasteiger partial charge in [0, 0.05) is 0 Å². The van der Waals surface area contributed by atoms with Crippen LogP contribution in [0.1, 0.15) is 22.3 Å². The molecular formula is C45H28N2OTe. The Morgan fingerprint density at radius 3 is 1.49 bits per heavy atom. The fourth-order valence-corrected chi connectivity index (χ4v) is 11.5. The van der Waals surface area contributed by atoms with E-state index in [0.29, 0.717) is 0 Å². The molecule has 0 bridgehead atoms. The number of nitrogens with zero attached hydrogens (tertiary/aromatic N) is 2. The van der Waals surface area contributed by atoms with Crippen LogP contribution in [-0.2, 0) is 12.8 Å². The Morgan fingerprint density at radius 2 is 0.857 bits per heavy atom. The third-order valence-electron chi connectivity index (χ3n) is 10.6. The molecule has 49 heavy (non-hydrogen) atoms. The maximum atomic E-state index is 14.3. The first kappa shape index (κ1) is 27.5. The van der Waals surface area contributed by atoms with Gasteiger partial charge in [0.2, 0.25) is 0 Å². The van der Waals surface area contributed by atoms with Crippen LogP contribution in [0.2, 0.25) is 0 Å². The minimum atomic E-state index is -0.694. The molecule has 7 aromatic carbocycles. The molecule has 1 aliphatic rings. The molecule has 3 aromatic heterocycles. The van der Waals surface area contributed by atoms with E-state index in [2.05, 4.69) is 155 Å². The fraction of sp³-hybridized carbons (Fsp3) is 0.0444. The van der Waals surface area contributed by atoms with E-state index in [1.54, 1.807) is 0 Å². The predicted octanol–water partition coefficient (Wildman–Crippen LogP) is 10.1. The van der Waals surface area contributed by atoms with Crippen molar-refractivity contribution in [2.24, 2.45) is 0 Å². The third-order valence-corrected chi connectivity index (χ3v) is 13.8. The fourth-order valence-electron chi connectivity index (χ4n) is 8.34. The van der Waals surface area contributed by atoms with Gasteiger partial charge in [-0.1, -0.05) is 36.4 Å². The standard InChI is InChI=1S/C45H28N2OTe/c48-45-37-23-29-21-27-9-1-2-10-28(27)22-30(29)24-44(37)49-43-20-18-32(26-38(43)45)47-41-16-8-5-13-35(41)36-25-31(17-19-42(36)47)46-39-14-6-3-11-33(39)34-12-4-7-15-40(34)46/h1-20,23-26H,21-22H2. The van der Waals surface area contributed by atoms with Crippen LogP contribution in [0.4, 0.5) is 0 Å². The molecule has 230 valence electrons. The molecule has 3 nitrogen and oxygen atoms in total. The first-order chi connectivity index (χ1) is 24.2. The summed E-state index contributed by atoms with van der Waals surface area (Å²) >= 11 is -0.694. The molecule has 0 spiro atoms. The van der Waals surface area contributed by atoms with E-state index in [0.717, 1.165) is 46.0 Å². The van der Waals surface area contributed by atoms with Gasteiger partial charge in [-0.15, -0.1) is 0 Å². The summed E-state index contributed by atoms with van der Waals surface area (Å²) in [6.45, 7) is 0. The van der Waals surface area contributed by atoms with E-state index in [-0.39, 0.29) is 5.43 Å². The van der Waals surface area contributed by atoms with Crippen molar-refractivity contribution in [3.05, 3.63) is 178 Å². The molecule has 10 aromatic rings. The van der Waals surface area contributed by atoms with Gasteiger partial charge in [-0.25, -0.2) is 0 Å². The van der Waals surface area contributed by atoms with Gasteiger partial charge in [-0.05, 0) is 0 Å². The Labute approximate surface area is 291 Å². The van der Waals surface area contributed by atoms with Crippen LogP contribution < -0.4 is 5.43 Å². The summed E-state index contributed by atoms with van der Waals surface area (Å²) in [5, 5.41) is 6.71. The Morgan fingerprint density at radius 1 is 0.388 bits per heavy atom. The van der Waals surface area contributed by atoms with E-state index in [4.69, 9.17) is 0 Å². The first-order valence-electron chi connectivity index (χ1n) is 16.8. The molecule has 0 aliphatic heterocycles. The Balaban J connectivity index is 1.11. The Bertz CT molecular complexity index is 3030. The second kappa shape index (κ2) is 10.3. The Kier molecular flexibility index (Phi) is 5.79. The summed E-state index contributed by atoms with van der Waals surface area (Å²) in [4.78, 5) is 14.3. The van der Waals surface area contributed by atoms with Crippen LogP contribution in [0.25, 0.3) is 72.6 Å². The number of aromatic nitrogens is 2. The van der Waals surface area contributed by atoms with Gasteiger partial charge in [0.05, 0.1) is 0 Å². The summed E-state index contributed by atoms with van der Waals surface area (Å²) < 4.78 is 7.24. The number of fused-ring (bicyclic) bond motifs is 10. The minimum absolute atomic E-state index is 0.166. The van der Waals surface area contributed by atoms with E-state index in [9.17, 15) is 4.79 Å². The van der Waals surface area contributed by atoms with Crippen LogP contribution in [0.15, 0.2) is 150 Å². The molecule has 4 heteroatoms. The van der Waals surface area contributed by atoms with Crippen molar-refractivity contribution in [1.29, 1.82) is 0 Å². The summed E-state index contributed by atoms with van der Waals surface area (Å²) in [5.74, 6) is 0. The molecule has 0 N–H and O–H groups in total. The van der Waals surface area contributed by atoms with Crippen LogP contribution in [0, 0.1) is 0 Å². The first-order valence-corrected chi connectivity index (χ1v) is 19.1. The van der Waals surface area contributed by atoms with Crippen LogP contribution in [-0.4, -0.2) is 29.6 Å². The van der Waals surface area contributed by atoms with Gasteiger partial charge < -0.3 is 0 Å². The number of para-hydroxylation sites is 3. The normalized spacial score (nSPS) is 12.8. The number of benzene rings is 7.